The number of nitrogens with zero attached hydrogens (tertiary/aromatic N) is 2. The van der Waals surface area contributed by atoms with Gasteiger partial charge in [0.15, 0.2) is 5.16 Å². The molecule has 1 N–H and O–H groups in total. The molecule has 2 aromatic rings. The van der Waals surface area contributed by atoms with Gasteiger partial charge in [0, 0.05) is 24.2 Å². The van der Waals surface area contributed by atoms with Crippen molar-refractivity contribution in [3.8, 4) is 0 Å². The van der Waals surface area contributed by atoms with Crippen LogP contribution in [0.3, 0.4) is 0 Å². The number of nitrogens with one attached hydrogen (secondary N) is 1. The lowest BCUT2D eigenvalue weighted by Gasteiger charge is -2.13. The molecule has 5 nitrogen and oxygen atoms in total. The van der Waals surface area contributed by atoms with Gasteiger partial charge in [-0.2, -0.15) is 13.2 Å². The van der Waals surface area contributed by atoms with Gasteiger partial charge in [0.1, 0.15) is 5.56 Å². The van der Waals surface area contributed by atoms with Crippen molar-refractivity contribution >= 4 is 23.4 Å². The van der Waals surface area contributed by atoms with E-state index < -0.39 is 23.2 Å². The van der Waals surface area contributed by atoms with E-state index in [1.807, 2.05) is 0 Å². The van der Waals surface area contributed by atoms with Crippen molar-refractivity contribution in [3.63, 3.8) is 0 Å². The monoisotopic (exact) mass is 355 g/mol. The van der Waals surface area contributed by atoms with Crippen molar-refractivity contribution in [1.29, 1.82) is 0 Å². The highest BCUT2D eigenvalue weighted by Gasteiger charge is 2.32. The van der Waals surface area contributed by atoms with Crippen molar-refractivity contribution < 1.29 is 18.0 Å². The summed E-state index contributed by atoms with van der Waals surface area (Å²) in [5.41, 5.74) is -1.50. The first-order valence-corrected chi connectivity index (χ1v) is 7.98. The number of hydrogen-bond donors (Lipinski definition) is 1. The number of alkyl halides is 3. The molecular formula is C15H12F3N3O2S. The summed E-state index contributed by atoms with van der Waals surface area (Å²) in [6, 6.07) is 3.47. The molecule has 1 aliphatic heterocycles. The predicted octanol–water partition coefficient (Wildman–Crippen LogP) is 2.93. The second-order valence-corrected chi connectivity index (χ2v) is 6.30. The van der Waals surface area contributed by atoms with Crippen molar-refractivity contribution in [2.75, 3.05) is 11.1 Å². The van der Waals surface area contributed by atoms with Crippen LogP contribution < -0.4 is 10.9 Å². The van der Waals surface area contributed by atoms with Crippen LogP contribution in [0.15, 0.2) is 34.3 Å². The molecule has 0 bridgehead atoms. The van der Waals surface area contributed by atoms with E-state index in [-0.39, 0.29) is 16.8 Å². The SMILES string of the molecule is Cc1ccc(NC(=O)c2cnc3n(c2=O)CCS3)cc1C(F)(F)F. The van der Waals surface area contributed by atoms with Crippen molar-refractivity contribution in [2.45, 2.75) is 24.8 Å². The first-order valence-electron chi connectivity index (χ1n) is 6.99. The minimum atomic E-state index is -4.52. The Morgan fingerprint density at radius 2 is 2.12 bits per heavy atom. The first-order chi connectivity index (χ1) is 11.3. The second kappa shape index (κ2) is 5.97. The Hall–Kier alpha value is -2.29. The quantitative estimate of drug-likeness (QED) is 0.842. The Morgan fingerprint density at radius 1 is 1.38 bits per heavy atom. The fourth-order valence-electron chi connectivity index (χ4n) is 2.38. The minimum absolute atomic E-state index is 0.0304. The molecule has 1 aliphatic rings. The lowest BCUT2D eigenvalue weighted by molar-refractivity contribution is -0.138. The number of carbonyl (C=O) groups is 1. The largest absolute Gasteiger partial charge is 0.416 e. The number of carbonyl (C=O) groups excluding carboxylic acids is 1. The van der Waals surface area contributed by atoms with Gasteiger partial charge in [0.2, 0.25) is 0 Å². The van der Waals surface area contributed by atoms with Gasteiger partial charge in [-0.15, -0.1) is 0 Å². The highest BCUT2D eigenvalue weighted by molar-refractivity contribution is 7.99. The lowest BCUT2D eigenvalue weighted by Crippen LogP contribution is -2.29. The second-order valence-electron chi connectivity index (χ2n) is 5.24. The summed E-state index contributed by atoms with van der Waals surface area (Å²) in [5.74, 6) is -0.0862. The molecule has 0 radical (unpaired) electrons. The van der Waals surface area contributed by atoms with Crippen LogP contribution in [0.2, 0.25) is 0 Å². The van der Waals surface area contributed by atoms with E-state index in [2.05, 4.69) is 10.3 Å². The van der Waals surface area contributed by atoms with Crippen LogP contribution in [0.5, 0.6) is 0 Å². The molecule has 0 atom stereocenters. The molecule has 2 heterocycles. The van der Waals surface area contributed by atoms with Gasteiger partial charge in [0.25, 0.3) is 11.5 Å². The van der Waals surface area contributed by atoms with Crippen LogP contribution in [0.25, 0.3) is 0 Å². The summed E-state index contributed by atoms with van der Waals surface area (Å²) in [6.07, 6.45) is -3.36. The molecule has 0 saturated carbocycles. The van der Waals surface area contributed by atoms with Crippen LogP contribution in [0, 0.1) is 6.92 Å². The highest BCUT2D eigenvalue weighted by Crippen LogP contribution is 2.33. The summed E-state index contributed by atoms with van der Waals surface area (Å²) in [5, 5.41) is 2.86. The van der Waals surface area contributed by atoms with Gasteiger partial charge in [0.05, 0.1) is 5.56 Å². The number of fused-ring (bicyclic) bond motifs is 1. The van der Waals surface area contributed by atoms with E-state index in [9.17, 15) is 22.8 Å². The normalized spacial score (nSPS) is 13.7. The highest BCUT2D eigenvalue weighted by atomic mass is 32.2. The maximum atomic E-state index is 12.9. The number of aryl methyl sites for hydroxylation is 1. The Bertz CT molecular complexity index is 877. The Morgan fingerprint density at radius 3 is 2.83 bits per heavy atom. The molecular weight excluding hydrogens is 343 g/mol. The molecule has 0 spiro atoms. The van der Waals surface area contributed by atoms with E-state index in [0.29, 0.717) is 17.5 Å². The number of benzene rings is 1. The average Bonchev–Trinajstić information content (AvgIpc) is 2.97. The molecule has 0 aliphatic carbocycles. The fourth-order valence-corrected chi connectivity index (χ4v) is 3.29. The molecule has 3 rings (SSSR count). The van der Waals surface area contributed by atoms with Crippen LogP contribution in [-0.4, -0.2) is 21.2 Å². The zero-order valence-corrected chi connectivity index (χ0v) is 13.3. The third-order valence-corrected chi connectivity index (χ3v) is 4.57. The van der Waals surface area contributed by atoms with E-state index in [0.717, 1.165) is 12.3 Å². The number of amides is 1. The first kappa shape index (κ1) is 16.6. The third-order valence-electron chi connectivity index (χ3n) is 3.60. The predicted molar refractivity (Wildman–Crippen MR) is 83.4 cm³/mol. The summed E-state index contributed by atoms with van der Waals surface area (Å²) < 4.78 is 40.2. The summed E-state index contributed by atoms with van der Waals surface area (Å²) in [6.45, 7) is 1.79. The summed E-state index contributed by atoms with van der Waals surface area (Å²) >= 11 is 1.41. The standard InChI is InChI=1S/C15H12F3N3O2S/c1-8-2-3-9(6-11(8)15(16,17)18)20-12(22)10-7-19-14-21(13(10)23)4-5-24-14/h2-3,6-7H,4-5H2,1H3,(H,20,22). The van der Waals surface area contributed by atoms with Crippen LogP contribution in [0.4, 0.5) is 18.9 Å². The smallest absolute Gasteiger partial charge is 0.322 e. The number of anilines is 1. The fraction of sp³-hybridized carbons (Fsp3) is 0.267. The van der Waals surface area contributed by atoms with Gasteiger partial charge in [-0.05, 0) is 24.6 Å². The number of rotatable bonds is 2. The van der Waals surface area contributed by atoms with Crippen LogP contribution >= 0.6 is 11.8 Å². The zero-order valence-electron chi connectivity index (χ0n) is 12.5. The third kappa shape index (κ3) is 3.03. The summed E-state index contributed by atoms with van der Waals surface area (Å²) in [7, 11) is 0. The molecule has 24 heavy (non-hydrogen) atoms. The summed E-state index contributed by atoms with van der Waals surface area (Å²) in [4.78, 5) is 28.5. The van der Waals surface area contributed by atoms with Crippen LogP contribution in [-0.2, 0) is 12.7 Å². The van der Waals surface area contributed by atoms with Crippen molar-refractivity contribution in [2.24, 2.45) is 0 Å². The van der Waals surface area contributed by atoms with Crippen LogP contribution in [0.1, 0.15) is 21.5 Å². The molecule has 9 heteroatoms. The van der Waals surface area contributed by atoms with Crippen molar-refractivity contribution in [3.05, 3.63) is 51.4 Å². The van der Waals surface area contributed by atoms with Gasteiger partial charge < -0.3 is 5.32 Å². The maximum Gasteiger partial charge on any atom is 0.416 e. The molecule has 1 aromatic carbocycles. The molecule has 0 saturated heterocycles. The maximum absolute atomic E-state index is 12.9. The van der Waals surface area contributed by atoms with Crippen molar-refractivity contribution in [1.82, 2.24) is 9.55 Å². The Kier molecular flexibility index (Phi) is 4.12. The Balaban J connectivity index is 1.90. The molecule has 0 fully saturated rings. The molecule has 1 aromatic heterocycles. The van der Waals surface area contributed by atoms with E-state index >= 15 is 0 Å². The van der Waals surface area contributed by atoms with Gasteiger partial charge >= 0.3 is 6.18 Å². The zero-order chi connectivity index (χ0) is 17.5. The van der Waals surface area contributed by atoms with Gasteiger partial charge in [-0.25, -0.2) is 4.98 Å². The number of thioether (sulfide) groups is 1. The van der Waals surface area contributed by atoms with E-state index in [1.165, 1.54) is 35.4 Å². The number of aromatic nitrogens is 2. The van der Waals surface area contributed by atoms with Gasteiger partial charge in [-0.1, -0.05) is 17.8 Å². The molecule has 1 amide bonds. The van der Waals surface area contributed by atoms with E-state index in [1.54, 1.807) is 0 Å². The Labute approximate surface area is 138 Å². The number of hydrogen-bond acceptors (Lipinski definition) is 4. The molecule has 126 valence electrons. The van der Waals surface area contributed by atoms with Gasteiger partial charge in [-0.3, -0.25) is 14.2 Å². The average molecular weight is 355 g/mol. The lowest BCUT2D eigenvalue weighted by atomic mass is 10.1. The topological polar surface area (TPSA) is 64.0 Å². The number of halogens is 3. The molecule has 0 unspecified atom stereocenters. The minimum Gasteiger partial charge on any atom is -0.322 e. The van der Waals surface area contributed by atoms with E-state index in [4.69, 9.17) is 0 Å².